The molecule has 1 aliphatic carbocycles. The van der Waals surface area contributed by atoms with Gasteiger partial charge in [0.2, 0.25) is 0 Å². The Bertz CT molecular complexity index is 5370. The van der Waals surface area contributed by atoms with Gasteiger partial charge in [-0.05, 0) is 162 Å². The molecule has 5 nitrogen and oxygen atoms in total. The number of nitrogens with zero attached hydrogens (tertiary/aromatic N) is 4. The number of anilines is 4. The number of pyridine rings is 1. The first-order chi connectivity index (χ1) is 47.6. The van der Waals surface area contributed by atoms with Crippen molar-refractivity contribution < 1.29 is 28.0 Å². The first-order valence-electron chi connectivity index (χ1n) is 37.7. The fourth-order valence-electron chi connectivity index (χ4n) is 12.3. The summed E-state index contributed by atoms with van der Waals surface area (Å²) in [7, 11) is 0. The van der Waals surface area contributed by atoms with Crippen LogP contribution in [0.25, 0.3) is 72.1 Å². The van der Waals surface area contributed by atoms with Crippen molar-refractivity contribution >= 4 is 44.6 Å². The summed E-state index contributed by atoms with van der Waals surface area (Å²) in [5.74, 6) is 1.00. The maximum absolute atomic E-state index is 10.5. The van der Waals surface area contributed by atoms with Crippen LogP contribution in [-0.4, -0.2) is 16.2 Å². The van der Waals surface area contributed by atoms with Gasteiger partial charge >= 0.3 is 0 Å². The third-order valence-corrected chi connectivity index (χ3v) is 17.1. The summed E-state index contributed by atoms with van der Waals surface area (Å²) in [5, 5.41) is 0.716. The molecule has 0 saturated heterocycles. The number of benzene rings is 9. The van der Waals surface area contributed by atoms with Crippen LogP contribution in [0.4, 0.5) is 22.7 Å². The molecule has 0 bridgehead atoms. The highest BCUT2D eigenvalue weighted by atomic mass is 16.5. The molecule has 0 amide bonds. The number of hydrogen-bond acceptors (Lipinski definition) is 4. The number of aromatic nitrogens is 2. The van der Waals surface area contributed by atoms with Gasteiger partial charge in [-0.2, -0.15) is 0 Å². The molecule has 2 aromatic heterocycles. The summed E-state index contributed by atoms with van der Waals surface area (Å²) in [6.07, 6.45) is 3.41. The van der Waals surface area contributed by atoms with E-state index in [9.17, 15) is 9.60 Å². The van der Waals surface area contributed by atoms with Crippen LogP contribution in [0.2, 0.25) is 0 Å². The molecule has 13 rings (SSSR count). The van der Waals surface area contributed by atoms with Gasteiger partial charge in [0, 0.05) is 51.5 Å². The molecule has 5 heteroatoms. The number of hydrogen-bond donors (Lipinski definition) is 0. The van der Waals surface area contributed by atoms with Crippen molar-refractivity contribution in [3.63, 3.8) is 0 Å². The Labute approximate surface area is 528 Å². The Kier molecular flexibility index (Phi) is 9.44. The van der Waals surface area contributed by atoms with Crippen LogP contribution < -0.4 is 14.5 Å². The number of rotatable bonds is 9. The Morgan fingerprint density at radius 1 is 0.471 bits per heavy atom. The standard InChI is InChI=1S/C80H80N4O/c1-76(2,3)57-42-55(52-25-16-14-17-26-52)41-56(43-57)65-46-58(77(4,5)6)45-64(54-35-38-67-69(44-54)80(12,13)40-39-79(67,10)11)75(65)83-51-82(71-33-22-23-34-72(71)83)59-29-24-30-60(47-59)85-61-36-37-63-62-31-20-21-32-70(62)84(73(63)48-61)74-49-68(78(7,8)9)66(50-81-74)53-27-18-15-19-28-53/h14-38,41-50H,39-40,51H2,1-13H3/i14D,15D,16D,17D,18D,19D,20D,21D,25D,26D,27D,28D,31D,32D,41D,42D,43D. The molecule has 0 N–H and O–H groups in total. The van der Waals surface area contributed by atoms with E-state index >= 15 is 0 Å². The van der Waals surface area contributed by atoms with Crippen molar-refractivity contribution in [1.29, 1.82) is 0 Å². The van der Waals surface area contributed by atoms with Crippen LogP contribution >= 0.6 is 0 Å². The van der Waals surface area contributed by atoms with E-state index in [1.54, 1.807) is 28.8 Å². The summed E-state index contributed by atoms with van der Waals surface area (Å²) in [6, 6.07) is 26.1. The van der Waals surface area contributed by atoms with E-state index in [0.29, 0.717) is 50.5 Å². The second-order valence-corrected chi connectivity index (χ2v) is 27.1. The van der Waals surface area contributed by atoms with E-state index in [1.807, 2.05) is 96.1 Å². The molecule has 0 saturated carbocycles. The fraction of sp³-hybridized carbons (Fsp3) is 0.263. The predicted molar refractivity (Wildman–Crippen MR) is 360 cm³/mol. The van der Waals surface area contributed by atoms with Crippen molar-refractivity contribution in [2.45, 2.75) is 130 Å². The summed E-state index contributed by atoms with van der Waals surface area (Å²) >= 11 is 0. The highest BCUT2D eigenvalue weighted by molar-refractivity contribution is 6.09. The maximum atomic E-state index is 10.5. The minimum absolute atomic E-state index is 0.0252. The lowest BCUT2D eigenvalue weighted by Crippen LogP contribution is -2.33. The first kappa shape index (κ1) is 39.0. The maximum Gasteiger partial charge on any atom is 0.137 e. The predicted octanol–water partition coefficient (Wildman–Crippen LogP) is 22.1. The lowest BCUT2D eigenvalue weighted by Gasteiger charge is -2.42. The second kappa shape index (κ2) is 20.5. The molecule has 3 heterocycles. The average Bonchev–Trinajstić information content (AvgIpc) is 1.35. The van der Waals surface area contributed by atoms with Crippen LogP contribution in [0, 0.1) is 0 Å². The van der Waals surface area contributed by atoms with Gasteiger partial charge in [0.15, 0.2) is 0 Å². The van der Waals surface area contributed by atoms with Gasteiger partial charge in [0.1, 0.15) is 24.0 Å². The minimum Gasteiger partial charge on any atom is -0.457 e. The molecular weight excluding hydrogens is 1030 g/mol. The molecule has 426 valence electrons. The van der Waals surface area contributed by atoms with Gasteiger partial charge in [-0.15, -0.1) is 0 Å². The van der Waals surface area contributed by atoms with Gasteiger partial charge in [-0.25, -0.2) is 4.98 Å². The molecule has 9 aromatic carbocycles. The first-order valence-corrected chi connectivity index (χ1v) is 29.2. The number of ether oxygens (including phenoxy) is 1. The van der Waals surface area contributed by atoms with Gasteiger partial charge in [0.05, 0.1) is 51.4 Å². The van der Waals surface area contributed by atoms with Crippen molar-refractivity contribution in [2.24, 2.45) is 0 Å². The molecular formula is C80H80N4O. The third-order valence-electron chi connectivity index (χ3n) is 17.1. The molecule has 0 radical (unpaired) electrons. The molecule has 1 aliphatic heterocycles. The smallest absolute Gasteiger partial charge is 0.137 e. The van der Waals surface area contributed by atoms with E-state index in [-0.39, 0.29) is 92.2 Å². The lowest BCUT2D eigenvalue weighted by atomic mass is 9.63. The topological polar surface area (TPSA) is 33.5 Å². The zero-order valence-electron chi connectivity index (χ0n) is 67.7. The average molecular weight is 1130 g/mol. The highest BCUT2D eigenvalue weighted by Gasteiger charge is 2.39. The SMILES string of the molecule is [2H]c1c([2H])c([2H])c(-c2cnc(-n3c4cc(Oc5cccc(N6CN(c7c(-c8ccc9c(c8)C(C)(C)CCC9(C)C)cc(C(C)(C)C)cc7-c7c([2H])c(-c8c([2H])c([2H])c([2H])c([2H])c8[2H])c([2H])c(C(C)(C)C)c7[2H])c7ccccc76)c5)ccc4c4c([2H])c([2H])c([2H])c([2H])c43)cc2C(C)(C)C)c([2H])c1[2H]. The van der Waals surface area contributed by atoms with Crippen LogP contribution in [0.5, 0.6) is 11.5 Å². The highest BCUT2D eigenvalue weighted by Crippen LogP contribution is 2.54. The van der Waals surface area contributed by atoms with Crippen LogP contribution in [0.1, 0.15) is 154 Å². The van der Waals surface area contributed by atoms with Crippen molar-refractivity contribution in [1.82, 2.24) is 9.55 Å². The number of fused-ring (bicyclic) bond motifs is 5. The Morgan fingerprint density at radius 3 is 1.79 bits per heavy atom. The van der Waals surface area contributed by atoms with Gasteiger partial charge in [0.25, 0.3) is 0 Å². The molecule has 0 atom stereocenters. The fourth-order valence-corrected chi connectivity index (χ4v) is 12.3. The van der Waals surface area contributed by atoms with E-state index in [2.05, 4.69) is 82.5 Å². The molecule has 11 aromatic rings. The van der Waals surface area contributed by atoms with Gasteiger partial charge < -0.3 is 14.5 Å². The summed E-state index contributed by atoms with van der Waals surface area (Å²) in [5.41, 5.74) is 7.32. The van der Waals surface area contributed by atoms with Crippen molar-refractivity contribution in [3.8, 4) is 61.8 Å². The molecule has 85 heavy (non-hydrogen) atoms. The molecule has 0 unspecified atom stereocenters. The zero-order chi connectivity index (χ0) is 74.2. The second-order valence-electron chi connectivity index (χ2n) is 27.1. The Morgan fingerprint density at radius 2 is 1.09 bits per heavy atom. The largest absolute Gasteiger partial charge is 0.457 e. The zero-order valence-corrected chi connectivity index (χ0v) is 50.7. The van der Waals surface area contributed by atoms with Crippen molar-refractivity contribution in [2.75, 3.05) is 16.5 Å². The summed E-state index contributed by atoms with van der Waals surface area (Å²) in [6.45, 7) is 27.1. The van der Waals surface area contributed by atoms with Gasteiger partial charge in [-0.1, -0.05) is 217 Å². The van der Waals surface area contributed by atoms with E-state index in [1.165, 1.54) is 17.3 Å². The monoisotopic (exact) mass is 1130 g/mol. The third kappa shape index (κ3) is 10.2. The van der Waals surface area contributed by atoms with Crippen LogP contribution in [0.15, 0.2) is 212 Å². The van der Waals surface area contributed by atoms with Crippen LogP contribution in [-0.2, 0) is 27.1 Å². The molecule has 2 aliphatic rings. The summed E-state index contributed by atoms with van der Waals surface area (Å²) in [4.78, 5) is 9.23. The number of para-hydroxylation sites is 3. The Balaban J connectivity index is 1.00. The lowest BCUT2D eigenvalue weighted by molar-refractivity contribution is 0.332. The summed E-state index contributed by atoms with van der Waals surface area (Å²) < 4.78 is 164. The van der Waals surface area contributed by atoms with E-state index in [0.717, 1.165) is 40.9 Å². The van der Waals surface area contributed by atoms with Crippen molar-refractivity contribution in [3.05, 3.63) is 240 Å². The van der Waals surface area contributed by atoms with Crippen LogP contribution in [0.3, 0.4) is 0 Å². The Hall–Kier alpha value is -8.67. The van der Waals surface area contributed by atoms with Gasteiger partial charge in [-0.3, -0.25) is 4.57 Å². The normalized spacial score (nSPS) is 17.7. The molecule has 0 fully saturated rings. The quantitative estimate of drug-likeness (QED) is 0.144. The van der Waals surface area contributed by atoms with E-state index < -0.39 is 88.8 Å². The molecule has 0 spiro atoms. The van der Waals surface area contributed by atoms with E-state index in [4.69, 9.17) is 23.4 Å². The minimum atomic E-state index is -0.924.